The number of epoxide rings is 1. The van der Waals surface area contributed by atoms with Crippen molar-refractivity contribution in [1.29, 1.82) is 0 Å². The summed E-state index contributed by atoms with van der Waals surface area (Å²) in [6.07, 6.45) is 0. The van der Waals surface area contributed by atoms with Crippen molar-refractivity contribution >= 4 is 11.5 Å². The van der Waals surface area contributed by atoms with Gasteiger partial charge >= 0.3 is 0 Å². The maximum Gasteiger partial charge on any atom is 0.269 e. The summed E-state index contributed by atoms with van der Waals surface area (Å²) in [5.41, 5.74) is 1.19. The highest BCUT2D eigenvalue weighted by atomic mass is 16.6. The molecule has 0 amide bonds. The Morgan fingerprint density at radius 1 is 1.17 bits per heavy atom. The Morgan fingerprint density at radius 2 is 1.88 bits per heavy atom. The van der Waals surface area contributed by atoms with Gasteiger partial charge < -0.3 is 4.74 Å². The number of ether oxygens (including phenoxy) is 1. The number of Topliss-reactive ketones (excluding diaryl/α,β-unsaturated/α-hetero) is 1. The molecule has 1 aliphatic heterocycles. The fourth-order valence-electron chi connectivity index (χ4n) is 4.22. The second-order valence-corrected chi connectivity index (χ2v) is 7.06. The van der Waals surface area contributed by atoms with E-state index in [0.717, 1.165) is 11.1 Å². The molecule has 2 aliphatic rings. The fourth-order valence-corrected chi connectivity index (χ4v) is 4.22. The molecule has 5 nitrogen and oxygen atoms in total. The molecule has 0 aromatic heterocycles. The van der Waals surface area contributed by atoms with Crippen molar-refractivity contribution in [2.45, 2.75) is 30.8 Å². The van der Waals surface area contributed by atoms with Gasteiger partial charge in [-0.25, -0.2) is 0 Å². The first-order chi connectivity index (χ1) is 11.4. The number of hydrogen-bond donors (Lipinski definition) is 0. The Kier molecular flexibility index (Phi) is 2.97. The molecule has 0 saturated carbocycles. The predicted octanol–water partition coefficient (Wildman–Crippen LogP) is 3.62. The van der Waals surface area contributed by atoms with Crippen LogP contribution in [0.2, 0.25) is 0 Å². The Balaban J connectivity index is 1.94. The van der Waals surface area contributed by atoms with Crippen LogP contribution >= 0.6 is 0 Å². The zero-order valence-corrected chi connectivity index (χ0v) is 13.5. The van der Waals surface area contributed by atoms with Gasteiger partial charge in [-0.3, -0.25) is 14.9 Å². The van der Waals surface area contributed by atoms with Crippen LogP contribution in [0.1, 0.15) is 41.3 Å². The minimum Gasteiger partial charge on any atom is -0.360 e. The Morgan fingerprint density at radius 3 is 2.54 bits per heavy atom. The second kappa shape index (κ2) is 4.74. The van der Waals surface area contributed by atoms with Gasteiger partial charge in [0.1, 0.15) is 0 Å². The summed E-state index contributed by atoms with van der Waals surface area (Å²) in [6, 6.07) is 14.1. The van der Waals surface area contributed by atoms with E-state index >= 15 is 0 Å². The number of benzene rings is 2. The van der Waals surface area contributed by atoms with Crippen LogP contribution in [0.15, 0.2) is 48.5 Å². The third kappa shape index (κ3) is 1.88. The average Bonchev–Trinajstić information content (AvgIpc) is 3.34. The van der Waals surface area contributed by atoms with E-state index in [-0.39, 0.29) is 22.8 Å². The van der Waals surface area contributed by atoms with E-state index < -0.39 is 10.5 Å². The summed E-state index contributed by atoms with van der Waals surface area (Å²) < 4.78 is 5.69. The molecule has 2 atom stereocenters. The summed E-state index contributed by atoms with van der Waals surface area (Å²) in [5, 5.41) is 11.1. The number of ketones is 1. The molecule has 2 aromatic carbocycles. The molecular formula is C19H17NO4. The maximum atomic E-state index is 13.0. The first-order valence-electron chi connectivity index (χ1n) is 7.90. The van der Waals surface area contributed by atoms with E-state index in [9.17, 15) is 14.9 Å². The molecule has 1 aliphatic carbocycles. The predicted molar refractivity (Wildman–Crippen MR) is 88.3 cm³/mol. The van der Waals surface area contributed by atoms with Crippen LogP contribution in [0.25, 0.3) is 0 Å². The first-order valence-corrected chi connectivity index (χ1v) is 7.90. The van der Waals surface area contributed by atoms with Crippen LogP contribution < -0.4 is 0 Å². The Hall–Kier alpha value is -2.53. The van der Waals surface area contributed by atoms with Gasteiger partial charge in [0.15, 0.2) is 11.4 Å². The van der Waals surface area contributed by atoms with Crippen molar-refractivity contribution in [3.8, 4) is 0 Å². The van der Waals surface area contributed by atoms with Gasteiger partial charge in [0.2, 0.25) is 0 Å². The highest BCUT2D eigenvalue weighted by Gasteiger charge is 2.66. The molecule has 2 unspecified atom stereocenters. The largest absolute Gasteiger partial charge is 0.360 e. The van der Waals surface area contributed by atoms with Gasteiger partial charge in [0, 0.05) is 29.0 Å². The zero-order valence-electron chi connectivity index (χ0n) is 13.5. The first kappa shape index (κ1) is 15.0. The number of nitro groups is 1. The number of carbonyl (C=O) groups excluding carboxylic acids is 1. The van der Waals surface area contributed by atoms with Gasteiger partial charge in [0.25, 0.3) is 5.69 Å². The van der Waals surface area contributed by atoms with Crippen molar-refractivity contribution in [3.63, 3.8) is 0 Å². The lowest BCUT2D eigenvalue weighted by Gasteiger charge is -2.43. The lowest BCUT2D eigenvalue weighted by molar-refractivity contribution is -0.384. The molecule has 1 saturated heterocycles. The molecule has 1 spiro atoms. The zero-order chi connectivity index (χ0) is 17.1. The number of hydrogen-bond acceptors (Lipinski definition) is 4. The van der Waals surface area contributed by atoms with Crippen LogP contribution in [0, 0.1) is 10.1 Å². The van der Waals surface area contributed by atoms with E-state index in [2.05, 4.69) is 13.8 Å². The molecule has 5 heteroatoms. The normalized spacial score (nSPS) is 26.9. The summed E-state index contributed by atoms with van der Waals surface area (Å²) in [6.45, 7) is 4.51. The minimum atomic E-state index is -0.896. The number of fused-ring (bicyclic) bond motifs is 1. The third-order valence-corrected chi connectivity index (χ3v) is 5.31. The molecule has 0 bridgehead atoms. The number of nitrogens with zero attached hydrogens (tertiary/aromatic N) is 1. The van der Waals surface area contributed by atoms with Crippen LogP contribution in [-0.4, -0.2) is 22.9 Å². The van der Waals surface area contributed by atoms with Crippen LogP contribution in [-0.2, 0) is 10.2 Å². The van der Waals surface area contributed by atoms with Crippen LogP contribution in [0.5, 0.6) is 0 Å². The van der Waals surface area contributed by atoms with Crippen LogP contribution in [0.4, 0.5) is 5.69 Å². The SMILES string of the molecule is CC1(C)c2ccccc2C(=O)C2(CO2)C1c1cccc([N+](=O)[O-])c1. The van der Waals surface area contributed by atoms with Crippen molar-refractivity contribution in [2.24, 2.45) is 0 Å². The quantitative estimate of drug-likeness (QED) is 0.481. The van der Waals surface area contributed by atoms with Crippen molar-refractivity contribution in [2.75, 3.05) is 6.61 Å². The Bertz CT molecular complexity index is 867. The van der Waals surface area contributed by atoms with Gasteiger partial charge in [-0.2, -0.15) is 0 Å². The molecular weight excluding hydrogens is 306 g/mol. The number of carbonyl (C=O) groups is 1. The van der Waals surface area contributed by atoms with E-state index in [1.807, 2.05) is 30.3 Å². The Labute approximate surface area is 139 Å². The van der Waals surface area contributed by atoms with Gasteiger partial charge in [-0.05, 0) is 11.1 Å². The van der Waals surface area contributed by atoms with E-state index in [1.165, 1.54) is 6.07 Å². The molecule has 2 aromatic rings. The summed E-state index contributed by atoms with van der Waals surface area (Å²) in [5.74, 6) is -0.277. The number of non-ortho nitro benzene ring substituents is 1. The van der Waals surface area contributed by atoms with Crippen molar-refractivity contribution < 1.29 is 14.5 Å². The molecule has 0 radical (unpaired) electrons. The van der Waals surface area contributed by atoms with Gasteiger partial charge in [-0.1, -0.05) is 50.2 Å². The fraction of sp³-hybridized carbons (Fsp3) is 0.316. The smallest absolute Gasteiger partial charge is 0.269 e. The summed E-state index contributed by atoms with van der Waals surface area (Å²) in [4.78, 5) is 23.8. The lowest BCUT2D eigenvalue weighted by atomic mass is 9.58. The lowest BCUT2D eigenvalue weighted by Crippen LogP contribution is -2.48. The molecule has 0 N–H and O–H groups in total. The minimum absolute atomic E-state index is 0.0195. The van der Waals surface area contributed by atoms with Gasteiger partial charge in [-0.15, -0.1) is 0 Å². The van der Waals surface area contributed by atoms with Gasteiger partial charge in [0.05, 0.1) is 11.5 Å². The molecule has 1 fully saturated rings. The van der Waals surface area contributed by atoms with Crippen molar-refractivity contribution in [3.05, 3.63) is 75.3 Å². The van der Waals surface area contributed by atoms with Crippen molar-refractivity contribution in [1.82, 2.24) is 0 Å². The second-order valence-electron chi connectivity index (χ2n) is 7.06. The topological polar surface area (TPSA) is 72.7 Å². The standard InChI is InChI=1S/C19H17NO4/c1-18(2)15-9-4-3-8-14(15)17(21)19(11-24-19)16(18)12-6-5-7-13(10-12)20(22)23/h3-10,16H,11H2,1-2H3. The summed E-state index contributed by atoms with van der Waals surface area (Å²) in [7, 11) is 0. The highest BCUT2D eigenvalue weighted by Crippen LogP contribution is 2.58. The molecule has 24 heavy (non-hydrogen) atoms. The van der Waals surface area contributed by atoms with E-state index in [1.54, 1.807) is 12.1 Å². The molecule has 4 rings (SSSR count). The van der Waals surface area contributed by atoms with Crippen LogP contribution in [0.3, 0.4) is 0 Å². The third-order valence-electron chi connectivity index (χ3n) is 5.31. The van der Waals surface area contributed by atoms with E-state index in [4.69, 9.17) is 4.74 Å². The maximum absolute atomic E-state index is 13.0. The average molecular weight is 323 g/mol. The number of nitro benzene ring substituents is 1. The number of rotatable bonds is 2. The monoisotopic (exact) mass is 323 g/mol. The highest BCUT2D eigenvalue weighted by molar-refractivity contribution is 6.08. The summed E-state index contributed by atoms with van der Waals surface area (Å²) >= 11 is 0. The van der Waals surface area contributed by atoms with E-state index in [0.29, 0.717) is 12.2 Å². The molecule has 1 heterocycles. The molecule has 122 valence electrons.